The lowest BCUT2D eigenvalue weighted by Crippen LogP contribution is -2.49. The van der Waals surface area contributed by atoms with Crippen molar-refractivity contribution in [3.8, 4) is 11.8 Å². The molecule has 0 aromatic heterocycles. The van der Waals surface area contributed by atoms with Crippen molar-refractivity contribution in [3.63, 3.8) is 0 Å². The minimum absolute atomic E-state index is 0.393. The molecule has 1 saturated carbocycles. The van der Waals surface area contributed by atoms with E-state index in [4.69, 9.17) is 9.47 Å². The van der Waals surface area contributed by atoms with E-state index in [0.717, 1.165) is 30.6 Å². The van der Waals surface area contributed by atoms with E-state index >= 15 is 0 Å². The van der Waals surface area contributed by atoms with Crippen LogP contribution in [0.1, 0.15) is 44.6 Å². The second-order valence-electron chi connectivity index (χ2n) is 6.25. The Morgan fingerprint density at radius 3 is 2.54 bits per heavy atom. The lowest BCUT2D eigenvalue weighted by molar-refractivity contribution is -0.144. The van der Waals surface area contributed by atoms with Crippen LogP contribution in [0.15, 0.2) is 30.3 Å². The minimum atomic E-state index is -0.820. The third-order valence-electron chi connectivity index (χ3n) is 4.25. The number of nitrogens with one attached hydrogen (secondary N) is 1. The van der Waals surface area contributed by atoms with Gasteiger partial charge in [-0.1, -0.05) is 31.4 Å². The van der Waals surface area contributed by atoms with E-state index in [1.165, 1.54) is 6.08 Å². The Labute approximate surface area is 153 Å². The first-order chi connectivity index (χ1) is 12.6. The summed E-state index contributed by atoms with van der Waals surface area (Å²) in [7, 11) is 0. The molecule has 26 heavy (non-hydrogen) atoms. The monoisotopic (exact) mass is 356 g/mol. The maximum Gasteiger partial charge on any atom is 0.331 e. The minimum Gasteiger partial charge on any atom is -0.494 e. The number of rotatable bonds is 7. The van der Waals surface area contributed by atoms with Gasteiger partial charge in [-0.15, -0.1) is 0 Å². The molecule has 6 heteroatoms. The zero-order valence-electron chi connectivity index (χ0n) is 15.0. The van der Waals surface area contributed by atoms with Crippen molar-refractivity contribution in [3.05, 3.63) is 35.9 Å². The van der Waals surface area contributed by atoms with Crippen molar-refractivity contribution in [2.24, 2.45) is 0 Å². The fourth-order valence-electron chi connectivity index (χ4n) is 2.91. The van der Waals surface area contributed by atoms with Gasteiger partial charge < -0.3 is 14.8 Å². The smallest absolute Gasteiger partial charge is 0.331 e. The van der Waals surface area contributed by atoms with Crippen LogP contribution >= 0.6 is 0 Å². The molecule has 1 aromatic rings. The van der Waals surface area contributed by atoms with E-state index in [1.807, 2.05) is 31.2 Å². The third kappa shape index (κ3) is 5.92. The molecule has 2 rings (SSSR count). The molecule has 1 N–H and O–H groups in total. The van der Waals surface area contributed by atoms with Crippen LogP contribution < -0.4 is 10.1 Å². The Morgan fingerprint density at radius 1 is 1.23 bits per heavy atom. The quantitative estimate of drug-likeness (QED) is 0.599. The maximum atomic E-state index is 12.0. The molecule has 1 aliphatic carbocycles. The fraction of sp³-hybridized carbons (Fsp3) is 0.450. The highest BCUT2D eigenvalue weighted by atomic mass is 16.5. The Morgan fingerprint density at radius 2 is 1.92 bits per heavy atom. The first-order valence-electron chi connectivity index (χ1n) is 8.87. The van der Waals surface area contributed by atoms with Crippen molar-refractivity contribution in [2.45, 2.75) is 44.6 Å². The van der Waals surface area contributed by atoms with E-state index in [-0.39, 0.29) is 0 Å². The fourth-order valence-corrected chi connectivity index (χ4v) is 2.91. The molecule has 1 aromatic carbocycles. The van der Waals surface area contributed by atoms with Crippen LogP contribution in [-0.2, 0) is 14.3 Å². The summed E-state index contributed by atoms with van der Waals surface area (Å²) in [6, 6.07) is 9.47. The van der Waals surface area contributed by atoms with Gasteiger partial charge in [-0.3, -0.25) is 4.79 Å². The molecule has 0 heterocycles. The standard InChI is InChI=1S/C20H24N2O4/c1-2-25-17-9-6-16(7-10-17)8-11-19(24)26-14-18(23)22-20(15-21)12-4-3-5-13-20/h6-11H,2-5,12-14H2,1H3,(H,22,23)/b11-8+. The number of nitrogens with zero attached hydrogens (tertiary/aromatic N) is 1. The van der Waals surface area contributed by atoms with E-state index in [0.29, 0.717) is 19.4 Å². The van der Waals surface area contributed by atoms with Crippen LogP contribution in [-0.4, -0.2) is 30.6 Å². The van der Waals surface area contributed by atoms with Crippen LogP contribution in [0.2, 0.25) is 0 Å². The van der Waals surface area contributed by atoms with Crippen molar-refractivity contribution in [2.75, 3.05) is 13.2 Å². The molecule has 0 spiro atoms. The maximum absolute atomic E-state index is 12.0. The zero-order valence-corrected chi connectivity index (χ0v) is 15.0. The van der Waals surface area contributed by atoms with Crippen molar-refractivity contribution >= 4 is 18.0 Å². The summed E-state index contributed by atoms with van der Waals surface area (Å²) in [5.74, 6) is -0.294. The normalized spacial score (nSPS) is 15.8. The molecule has 0 bridgehead atoms. The number of hydrogen-bond acceptors (Lipinski definition) is 5. The van der Waals surface area contributed by atoms with Crippen LogP contribution in [0.3, 0.4) is 0 Å². The average molecular weight is 356 g/mol. The van der Waals surface area contributed by atoms with Gasteiger partial charge in [-0.2, -0.15) is 5.26 Å². The van der Waals surface area contributed by atoms with Gasteiger partial charge in [0.1, 0.15) is 11.3 Å². The van der Waals surface area contributed by atoms with Gasteiger partial charge in [0, 0.05) is 6.08 Å². The molecule has 138 valence electrons. The molecule has 0 atom stereocenters. The van der Waals surface area contributed by atoms with Crippen LogP contribution in [0, 0.1) is 11.3 Å². The number of carbonyl (C=O) groups excluding carboxylic acids is 2. The number of ether oxygens (including phenoxy) is 2. The number of esters is 1. The summed E-state index contributed by atoms with van der Waals surface area (Å²) in [5.41, 5.74) is 0.000344. The number of amides is 1. The number of carbonyl (C=O) groups is 2. The molecular formula is C20H24N2O4. The van der Waals surface area contributed by atoms with Gasteiger partial charge in [-0.25, -0.2) is 4.79 Å². The largest absolute Gasteiger partial charge is 0.494 e. The summed E-state index contributed by atoms with van der Waals surface area (Å²) < 4.78 is 10.3. The highest BCUT2D eigenvalue weighted by Crippen LogP contribution is 2.27. The van der Waals surface area contributed by atoms with Gasteiger partial charge >= 0.3 is 5.97 Å². The van der Waals surface area contributed by atoms with Gasteiger partial charge in [0.2, 0.25) is 0 Å². The second-order valence-corrected chi connectivity index (χ2v) is 6.25. The van der Waals surface area contributed by atoms with Crippen molar-refractivity contribution < 1.29 is 19.1 Å². The summed E-state index contributed by atoms with van der Waals surface area (Å²) in [5, 5.41) is 12.1. The van der Waals surface area contributed by atoms with Crippen LogP contribution in [0.25, 0.3) is 6.08 Å². The molecule has 0 radical (unpaired) electrons. The summed E-state index contributed by atoms with van der Waals surface area (Å²) in [6.07, 6.45) is 7.06. The number of hydrogen-bond donors (Lipinski definition) is 1. The number of nitriles is 1. The highest BCUT2D eigenvalue weighted by molar-refractivity contribution is 5.89. The topological polar surface area (TPSA) is 88.4 Å². The highest BCUT2D eigenvalue weighted by Gasteiger charge is 2.33. The Bertz CT molecular complexity index is 683. The Balaban J connectivity index is 1.78. The molecule has 0 unspecified atom stereocenters. The van der Waals surface area contributed by atoms with Crippen LogP contribution in [0.5, 0.6) is 5.75 Å². The SMILES string of the molecule is CCOc1ccc(/C=C/C(=O)OCC(=O)NC2(C#N)CCCCC2)cc1. The summed E-state index contributed by atoms with van der Waals surface area (Å²) in [6.45, 7) is 2.11. The Kier molecular flexibility index (Phi) is 7.22. The summed E-state index contributed by atoms with van der Waals surface area (Å²) >= 11 is 0. The van der Waals surface area contributed by atoms with Crippen molar-refractivity contribution in [1.29, 1.82) is 5.26 Å². The van der Waals surface area contributed by atoms with E-state index < -0.39 is 24.0 Å². The van der Waals surface area contributed by atoms with Crippen molar-refractivity contribution in [1.82, 2.24) is 5.32 Å². The predicted molar refractivity (Wildman–Crippen MR) is 97.2 cm³/mol. The Hall–Kier alpha value is -2.81. The van der Waals surface area contributed by atoms with E-state index in [9.17, 15) is 14.9 Å². The molecule has 0 saturated heterocycles. The molecule has 6 nitrogen and oxygen atoms in total. The molecular weight excluding hydrogens is 332 g/mol. The number of benzene rings is 1. The van der Waals surface area contributed by atoms with Gasteiger partial charge in [-0.05, 0) is 43.5 Å². The first-order valence-corrected chi connectivity index (χ1v) is 8.87. The van der Waals surface area contributed by atoms with Gasteiger partial charge in [0.25, 0.3) is 5.91 Å². The molecule has 1 aliphatic rings. The lowest BCUT2D eigenvalue weighted by atomic mass is 9.83. The van der Waals surface area contributed by atoms with Gasteiger partial charge in [0.05, 0.1) is 12.7 Å². The first kappa shape index (κ1) is 19.5. The van der Waals surface area contributed by atoms with Crippen LogP contribution in [0.4, 0.5) is 0 Å². The van der Waals surface area contributed by atoms with E-state index in [1.54, 1.807) is 6.08 Å². The zero-order chi connectivity index (χ0) is 18.8. The predicted octanol–water partition coefficient (Wildman–Crippen LogP) is 2.98. The van der Waals surface area contributed by atoms with E-state index in [2.05, 4.69) is 11.4 Å². The van der Waals surface area contributed by atoms with Gasteiger partial charge in [0.15, 0.2) is 6.61 Å². The average Bonchev–Trinajstić information content (AvgIpc) is 2.67. The molecule has 1 fully saturated rings. The summed E-state index contributed by atoms with van der Waals surface area (Å²) in [4.78, 5) is 23.7. The third-order valence-corrected chi connectivity index (χ3v) is 4.25. The molecule has 0 aliphatic heterocycles. The second kappa shape index (κ2) is 9.62. The molecule has 1 amide bonds. The lowest BCUT2D eigenvalue weighted by Gasteiger charge is -2.31.